The molecule has 1 rings (SSSR count). The fraction of sp³-hybridized carbons (Fsp3) is 0.364. The third kappa shape index (κ3) is 4.06. The summed E-state index contributed by atoms with van der Waals surface area (Å²) >= 11 is 11.5. The molecule has 0 amide bonds. The molecule has 0 saturated carbocycles. The number of aliphatic hydroxyl groups is 2. The van der Waals surface area contributed by atoms with Crippen LogP contribution in [0.2, 0.25) is 10.0 Å². The zero-order valence-electron chi connectivity index (χ0n) is 10.7. The van der Waals surface area contributed by atoms with Gasteiger partial charge in [0.25, 0.3) is 0 Å². The standard InChI is InChI=1S/C11H13Cl2NO6S/c12-8-6-9(13)10(5-7(8)11(17)18)21(19,20)14(1-3-15)2-4-16/h5-6,15-16H,1-4H2,(H,17,18). The van der Waals surface area contributed by atoms with Gasteiger partial charge in [0.15, 0.2) is 0 Å². The molecule has 0 fully saturated rings. The Balaban J connectivity index is 3.42. The lowest BCUT2D eigenvalue weighted by atomic mass is 10.2. The zero-order chi connectivity index (χ0) is 16.2. The molecule has 7 nitrogen and oxygen atoms in total. The van der Waals surface area contributed by atoms with Crippen LogP contribution in [-0.4, -0.2) is 60.3 Å². The molecule has 1 aromatic carbocycles. The van der Waals surface area contributed by atoms with Crippen molar-refractivity contribution in [3.8, 4) is 0 Å². The molecule has 1 aromatic rings. The molecule has 0 atom stereocenters. The van der Waals surface area contributed by atoms with E-state index in [0.717, 1.165) is 16.4 Å². The van der Waals surface area contributed by atoms with E-state index in [0.29, 0.717) is 0 Å². The smallest absolute Gasteiger partial charge is 0.337 e. The number of nitrogens with zero attached hydrogens (tertiary/aromatic N) is 1. The Morgan fingerprint density at radius 2 is 1.62 bits per heavy atom. The number of rotatable bonds is 7. The second-order valence-corrected chi connectivity index (χ2v) is 6.64. The highest BCUT2D eigenvalue weighted by molar-refractivity contribution is 7.89. The Kier molecular flexibility index (Phi) is 6.39. The molecule has 118 valence electrons. The Bertz CT molecular complexity index is 628. The number of sulfonamides is 1. The van der Waals surface area contributed by atoms with Crippen molar-refractivity contribution >= 4 is 39.2 Å². The van der Waals surface area contributed by atoms with Crippen LogP contribution in [0.5, 0.6) is 0 Å². The maximum Gasteiger partial charge on any atom is 0.337 e. The fourth-order valence-electron chi connectivity index (χ4n) is 1.61. The van der Waals surface area contributed by atoms with Crippen LogP contribution >= 0.6 is 23.2 Å². The van der Waals surface area contributed by atoms with Gasteiger partial charge in [0, 0.05) is 13.1 Å². The average Bonchev–Trinajstić information content (AvgIpc) is 2.37. The minimum atomic E-state index is -4.17. The second-order valence-electron chi connectivity index (χ2n) is 3.92. The number of benzene rings is 1. The van der Waals surface area contributed by atoms with Gasteiger partial charge in [-0.15, -0.1) is 0 Å². The van der Waals surface area contributed by atoms with Crippen LogP contribution in [0, 0.1) is 0 Å². The number of carbonyl (C=O) groups is 1. The van der Waals surface area contributed by atoms with Gasteiger partial charge in [0.1, 0.15) is 4.90 Å². The van der Waals surface area contributed by atoms with E-state index in [1.165, 1.54) is 0 Å². The van der Waals surface area contributed by atoms with Gasteiger partial charge in [-0.3, -0.25) is 0 Å². The summed E-state index contributed by atoms with van der Waals surface area (Å²) in [5.41, 5.74) is -0.410. The second kappa shape index (κ2) is 7.39. The van der Waals surface area contributed by atoms with Crippen molar-refractivity contribution in [3.05, 3.63) is 27.7 Å². The van der Waals surface area contributed by atoms with Crippen molar-refractivity contribution in [2.45, 2.75) is 4.90 Å². The SMILES string of the molecule is O=C(O)c1cc(S(=O)(=O)N(CCO)CCO)c(Cl)cc1Cl. The van der Waals surface area contributed by atoms with Gasteiger partial charge in [-0.1, -0.05) is 23.2 Å². The van der Waals surface area contributed by atoms with Gasteiger partial charge in [0.05, 0.1) is 28.8 Å². The summed E-state index contributed by atoms with van der Waals surface area (Å²) in [5.74, 6) is -1.40. The lowest BCUT2D eigenvalue weighted by molar-refractivity contribution is 0.0697. The van der Waals surface area contributed by atoms with Crippen molar-refractivity contribution in [2.24, 2.45) is 0 Å². The van der Waals surface area contributed by atoms with Crippen molar-refractivity contribution in [1.29, 1.82) is 0 Å². The number of carboxylic acid groups (broad SMARTS) is 1. The van der Waals surface area contributed by atoms with E-state index in [2.05, 4.69) is 0 Å². The van der Waals surface area contributed by atoms with Crippen molar-refractivity contribution < 1.29 is 28.5 Å². The first kappa shape index (κ1) is 18.1. The van der Waals surface area contributed by atoms with Crippen LogP contribution in [0.4, 0.5) is 0 Å². The molecule has 10 heteroatoms. The van der Waals surface area contributed by atoms with Gasteiger partial charge in [0.2, 0.25) is 10.0 Å². The molecule has 0 aliphatic carbocycles. The Labute approximate surface area is 131 Å². The molecule has 0 aromatic heterocycles. The first-order valence-corrected chi connectivity index (χ1v) is 7.89. The van der Waals surface area contributed by atoms with Crippen LogP contribution in [0.15, 0.2) is 17.0 Å². The number of hydrogen-bond acceptors (Lipinski definition) is 5. The highest BCUT2D eigenvalue weighted by Crippen LogP contribution is 2.30. The highest BCUT2D eigenvalue weighted by atomic mass is 35.5. The fourth-order valence-corrected chi connectivity index (χ4v) is 3.86. The van der Waals surface area contributed by atoms with E-state index in [-0.39, 0.29) is 23.1 Å². The predicted molar refractivity (Wildman–Crippen MR) is 76.4 cm³/mol. The largest absolute Gasteiger partial charge is 0.478 e. The summed E-state index contributed by atoms with van der Waals surface area (Å²) in [4.78, 5) is 10.6. The van der Waals surface area contributed by atoms with Crippen molar-refractivity contribution in [3.63, 3.8) is 0 Å². The molecule has 0 radical (unpaired) electrons. The molecule has 0 spiro atoms. The average molecular weight is 358 g/mol. The van der Waals surface area contributed by atoms with Gasteiger partial charge < -0.3 is 15.3 Å². The minimum Gasteiger partial charge on any atom is -0.478 e. The van der Waals surface area contributed by atoms with Gasteiger partial charge in [-0.25, -0.2) is 13.2 Å². The minimum absolute atomic E-state index is 0.192. The highest BCUT2D eigenvalue weighted by Gasteiger charge is 2.28. The maximum atomic E-state index is 12.4. The number of aromatic carboxylic acids is 1. The van der Waals surface area contributed by atoms with Gasteiger partial charge in [-0.2, -0.15) is 4.31 Å². The van der Waals surface area contributed by atoms with Gasteiger partial charge in [-0.05, 0) is 12.1 Å². The topological polar surface area (TPSA) is 115 Å². The molecule has 0 aliphatic heterocycles. The summed E-state index contributed by atoms with van der Waals surface area (Å²) in [7, 11) is -4.17. The first-order valence-electron chi connectivity index (χ1n) is 5.70. The zero-order valence-corrected chi connectivity index (χ0v) is 13.0. The molecule has 0 aliphatic rings. The number of carboxylic acids is 1. The molecule has 0 unspecified atom stereocenters. The molecule has 3 N–H and O–H groups in total. The molecular formula is C11H13Cl2NO6S. The molecule has 0 heterocycles. The third-order valence-corrected chi connectivity index (χ3v) is 5.24. The monoisotopic (exact) mass is 357 g/mol. The Morgan fingerprint density at radius 3 is 2.05 bits per heavy atom. The van der Waals surface area contributed by atoms with Crippen LogP contribution in [-0.2, 0) is 10.0 Å². The Hall–Kier alpha value is -0.900. The van der Waals surface area contributed by atoms with E-state index >= 15 is 0 Å². The summed E-state index contributed by atoms with van der Waals surface area (Å²) in [6, 6.07) is 1.87. The lowest BCUT2D eigenvalue weighted by Gasteiger charge is -2.21. The van der Waals surface area contributed by atoms with Crippen LogP contribution < -0.4 is 0 Å². The predicted octanol–water partition coefficient (Wildman–Crippen LogP) is 0.667. The Morgan fingerprint density at radius 1 is 1.10 bits per heavy atom. The summed E-state index contributed by atoms with van der Waals surface area (Å²) in [6.45, 7) is -1.44. The summed E-state index contributed by atoms with van der Waals surface area (Å²) in [5, 5.41) is 26.3. The quantitative estimate of drug-likeness (QED) is 0.660. The first-order chi connectivity index (χ1) is 9.75. The van der Waals surface area contributed by atoms with E-state index in [1.807, 2.05) is 0 Å². The van der Waals surface area contributed by atoms with Crippen LogP contribution in [0.25, 0.3) is 0 Å². The molecule has 0 bridgehead atoms. The maximum absolute atomic E-state index is 12.4. The summed E-state index contributed by atoms with van der Waals surface area (Å²) in [6.07, 6.45) is 0. The van der Waals surface area contributed by atoms with Crippen molar-refractivity contribution in [1.82, 2.24) is 4.31 Å². The normalized spacial score (nSPS) is 11.9. The molecule has 0 saturated heterocycles. The van der Waals surface area contributed by atoms with E-state index in [4.69, 9.17) is 38.5 Å². The van der Waals surface area contributed by atoms with Crippen molar-refractivity contribution in [2.75, 3.05) is 26.3 Å². The molecular weight excluding hydrogens is 345 g/mol. The van der Waals surface area contributed by atoms with E-state index < -0.39 is 39.7 Å². The number of aliphatic hydroxyl groups excluding tert-OH is 2. The number of hydrogen-bond donors (Lipinski definition) is 3. The lowest BCUT2D eigenvalue weighted by Crippen LogP contribution is -2.36. The summed E-state index contributed by atoms with van der Waals surface area (Å²) < 4.78 is 25.6. The molecule has 21 heavy (non-hydrogen) atoms. The van der Waals surface area contributed by atoms with Gasteiger partial charge >= 0.3 is 5.97 Å². The van der Waals surface area contributed by atoms with E-state index in [9.17, 15) is 13.2 Å². The number of halogens is 2. The van der Waals surface area contributed by atoms with Crippen LogP contribution in [0.3, 0.4) is 0 Å². The van der Waals surface area contributed by atoms with E-state index in [1.54, 1.807) is 0 Å². The van der Waals surface area contributed by atoms with Crippen LogP contribution in [0.1, 0.15) is 10.4 Å². The third-order valence-electron chi connectivity index (χ3n) is 2.57.